The number of carbonyl (C=O) groups excluding carboxylic acids is 2. The van der Waals surface area contributed by atoms with Crippen molar-refractivity contribution in [2.45, 2.75) is 33.7 Å². The maximum atomic E-state index is 13.4. The Kier molecular flexibility index (Phi) is 5.11. The number of carbonyl (C=O) groups is 2. The second-order valence-electron chi connectivity index (χ2n) is 8.23. The van der Waals surface area contributed by atoms with Gasteiger partial charge in [0.1, 0.15) is 5.70 Å². The van der Waals surface area contributed by atoms with E-state index < -0.39 is 0 Å². The average molecular weight is 395 g/mol. The lowest BCUT2D eigenvalue weighted by Crippen LogP contribution is -2.41. The number of rotatable bonds is 4. The van der Waals surface area contributed by atoms with Crippen LogP contribution in [0.15, 0.2) is 47.5 Å². The summed E-state index contributed by atoms with van der Waals surface area (Å²) in [7, 11) is 0. The van der Waals surface area contributed by atoms with E-state index in [1.165, 1.54) is 16.2 Å². The van der Waals surface area contributed by atoms with Gasteiger partial charge in [-0.2, -0.15) is 0 Å². The van der Waals surface area contributed by atoms with Gasteiger partial charge in [-0.05, 0) is 42.2 Å². The van der Waals surface area contributed by atoms with Crippen LogP contribution in [0.2, 0.25) is 0 Å². The molecule has 2 unspecified atom stereocenters. The molecule has 0 spiro atoms. The monoisotopic (exact) mass is 394 g/mol. The predicted molar refractivity (Wildman–Crippen MR) is 112 cm³/mol. The maximum Gasteiger partial charge on any atom is 0.278 e. The van der Waals surface area contributed by atoms with E-state index in [1.54, 1.807) is 0 Å². The number of amides is 2. The van der Waals surface area contributed by atoms with Crippen LogP contribution in [-0.2, 0) is 16.1 Å². The normalized spacial score (nSPS) is 23.1. The zero-order valence-corrected chi connectivity index (χ0v) is 17.5. The summed E-state index contributed by atoms with van der Waals surface area (Å²) in [5, 5.41) is 1.96. The first-order chi connectivity index (χ1) is 13.4. The summed E-state index contributed by atoms with van der Waals surface area (Å²) in [5.74, 6) is 0.689. The van der Waals surface area contributed by atoms with E-state index in [0.29, 0.717) is 29.7 Å². The standard InChI is InChI=1S/C23H26N2O2S/c1-15-6-8-18(9-7-15)14-25-22(26)20(19-5-4-10-28-19)21(23(25)27)24-12-16(2)11-17(3)13-24/h4-10,16-17H,11-14H2,1-3H3. The molecule has 0 N–H and O–H groups in total. The molecule has 2 aliphatic heterocycles. The van der Waals surface area contributed by atoms with Crippen LogP contribution >= 0.6 is 11.3 Å². The Balaban J connectivity index is 1.70. The minimum Gasteiger partial charge on any atom is -0.366 e. The molecule has 1 fully saturated rings. The molecule has 0 bridgehead atoms. The summed E-state index contributed by atoms with van der Waals surface area (Å²) >= 11 is 1.52. The van der Waals surface area contributed by atoms with Gasteiger partial charge in [0, 0.05) is 18.0 Å². The van der Waals surface area contributed by atoms with E-state index in [2.05, 4.69) is 18.7 Å². The number of aryl methyl sites for hydroxylation is 1. The molecule has 0 aliphatic carbocycles. The molecular weight excluding hydrogens is 368 g/mol. The smallest absolute Gasteiger partial charge is 0.278 e. The lowest BCUT2D eigenvalue weighted by Gasteiger charge is -2.37. The Hall–Kier alpha value is -2.40. The highest BCUT2D eigenvalue weighted by Gasteiger charge is 2.43. The number of likely N-dealkylation sites (tertiary alicyclic amines) is 1. The van der Waals surface area contributed by atoms with Crippen molar-refractivity contribution >= 4 is 28.7 Å². The Morgan fingerprint density at radius 1 is 1.00 bits per heavy atom. The van der Waals surface area contributed by atoms with Crippen LogP contribution in [0, 0.1) is 18.8 Å². The van der Waals surface area contributed by atoms with E-state index in [1.807, 2.05) is 48.7 Å². The van der Waals surface area contributed by atoms with E-state index in [-0.39, 0.29) is 11.8 Å². The first kappa shape index (κ1) is 18.9. The molecule has 1 aromatic carbocycles. The molecule has 1 aromatic heterocycles. The van der Waals surface area contributed by atoms with Crippen molar-refractivity contribution in [1.82, 2.24) is 9.80 Å². The first-order valence-corrected chi connectivity index (χ1v) is 10.8. The maximum absolute atomic E-state index is 13.4. The van der Waals surface area contributed by atoms with Gasteiger partial charge in [-0.3, -0.25) is 14.5 Å². The minimum absolute atomic E-state index is 0.157. The van der Waals surface area contributed by atoms with Crippen LogP contribution in [0.5, 0.6) is 0 Å². The molecule has 146 valence electrons. The Labute approximate surface area is 170 Å². The van der Waals surface area contributed by atoms with E-state index >= 15 is 0 Å². The van der Waals surface area contributed by atoms with Crippen molar-refractivity contribution in [3.05, 3.63) is 63.5 Å². The second kappa shape index (κ2) is 7.55. The van der Waals surface area contributed by atoms with Crippen LogP contribution in [0.3, 0.4) is 0 Å². The van der Waals surface area contributed by atoms with Crippen molar-refractivity contribution in [2.75, 3.05) is 13.1 Å². The Bertz CT molecular complexity index is 905. The van der Waals surface area contributed by atoms with Crippen LogP contribution in [0.25, 0.3) is 5.57 Å². The predicted octanol–water partition coefficient (Wildman–Crippen LogP) is 4.31. The molecule has 0 saturated carbocycles. The molecule has 4 nitrogen and oxygen atoms in total. The summed E-state index contributed by atoms with van der Waals surface area (Å²) < 4.78 is 0. The molecule has 0 radical (unpaired) electrons. The minimum atomic E-state index is -0.172. The first-order valence-electron chi connectivity index (χ1n) is 9.89. The van der Waals surface area contributed by atoms with Crippen molar-refractivity contribution in [1.29, 1.82) is 0 Å². The van der Waals surface area contributed by atoms with E-state index in [0.717, 1.165) is 35.5 Å². The van der Waals surface area contributed by atoms with Crippen molar-refractivity contribution in [3.63, 3.8) is 0 Å². The number of hydrogen-bond acceptors (Lipinski definition) is 4. The van der Waals surface area contributed by atoms with Crippen LogP contribution in [-0.4, -0.2) is 34.7 Å². The summed E-state index contributed by atoms with van der Waals surface area (Å²) in [6, 6.07) is 11.9. The molecular formula is C23H26N2O2S. The van der Waals surface area contributed by atoms with Crippen molar-refractivity contribution < 1.29 is 9.59 Å². The lowest BCUT2D eigenvalue weighted by molar-refractivity contribution is -0.138. The number of nitrogens with zero attached hydrogens (tertiary/aromatic N) is 2. The Morgan fingerprint density at radius 2 is 1.68 bits per heavy atom. The SMILES string of the molecule is Cc1ccc(CN2C(=O)C(c3cccs3)=C(N3CC(C)CC(C)C3)C2=O)cc1. The van der Waals surface area contributed by atoms with Crippen LogP contribution in [0.4, 0.5) is 0 Å². The molecule has 2 atom stereocenters. The molecule has 5 heteroatoms. The molecule has 3 heterocycles. The molecule has 2 aliphatic rings. The van der Waals surface area contributed by atoms with Crippen molar-refractivity contribution in [2.24, 2.45) is 11.8 Å². The van der Waals surface area contributed by atoms with Gasteiger partial charge < -0.3 is 4.90 Å². The second-order valence-corrected chi connectivity index (χ2v) is 9.18. The number of thiophene rings is 1. The van der Waals surface area contributed by atoms with Gasteiger partial charge in [0.25, 0.3) is 11.8 Å². The van der Waals surface area contributed by atoms with Crippen LogP contribution < -0.4 is 0 Å². The average Bonchev–Trinajstić information content (AvgIpc) is 3.25. The summed E-state index contributed by atoms with van der Waals surface area (Å²) in [6.07, 6.45) is 1.16. The van der Waals surface area contributed by atoms with E-state index in [9.17, 15) is 9.59 Å². The highest BCUT2D eigenvalue weighted by atomic mass is 32.1. The van der Waals surface area contributed by atoms with Gasteiger partial charge in [0.2, 0.25) is 0 Å². The number of benzene rings is 1. The fraction of sp³-hybridized carbons (Fsp3) is 0.391. The third-order valence-corrected chi connectivity index (χ3v) is 6.44. The van der Waals surface area contributed by atoms with Gasteiger partial charge >= 0.3 is 0 Å². The molecule has 28 heavy (non-hydrogen) atoms. The summed E-state index contributed by atoms with van der Waals surface area (Å²) in [4.78, 5) is 31.2. The lowest BCUT2D eigenvalue weighted by atomic mass is 9.91. The topological polar surface area (TPSA) is 40.6 Å². The summed E-state index contributed by atoms with van der Waals surface area (Å²) in [6.45, 7) is 8.44. The third-order valence-electron chi connectivity index (χ3n) is 5.56. The number of hydrogen-bond donors (Lipinski definition) is 0. The highest BCUT2D eigenvalue weighted by molar-refractivity contribution is 7.11. The third kappa shape index (κ3) is 3.51. The molecule has 2 aromatic rings. The van der Waals surface area contributed by atoms with E-state index in [4.69, 9.17) is 0 Å². The zero-order chi connectivity index (χ0) is 19.8. The fourth-order valence-electron chi connectivity index (χ4n) is 4.36. The molecule has 1 saturated heterocycles. The van der Waals surface area contributed by atoms with Crippen molar-refractivity contribution in [3.8, 4) is 0 Å². The number of piperidine rings is 1. The van der Waals surface area contributed by atoms with Gasteiger partial charge in [-0.25, -0.2) is 0 Å². The summed E-state index contributed by atoms with van der Waals surface area (Å²) in [5.41, 5.74) is 3.31. The molecule has 4 rings (SSSR count). The zero-order valence-electron chi connectivity index (χ0n) is 16.6. The Morgan fingerprint density at radius 3 is 2.29 bits per heavy atom. The van der Waals surface area contributed by atoms with Gasteiger partial charge in [0.15, 0.2) is 0 Å². The largest absolute Gasteiger partial charge is 0.366 e. The van der Waals surface area contributed by atoms with Crippen LogP contribution in [0.1, 0.15) is 36.3 Å². The fourth-order valence-corrected chi connectivity index (χ4v) is 5.13. The molecule has 2 amide bonds. The number of imide groups is 1. The highest BCUT2D eigenvalue weighted by Crippen LogP contribution is 2.37. The quantitative estimate of drug-likeness (QED) is 0.726. The van der Waals surface area contributed by atoms with Gasteiger partial charge in [-0.15, -0.1) is 11.3 Å². The van der Waals surface area contributed by atoms with Gasteiger partial charge in [-0.1, -0.05) is 49.7 Å². The van der Waals surface area contributed by atoms with Gasteiger partial charge in [0.05, 0.1) is 12.1 Å².